The summed E-state index contributed by atoms with van der Waals surface area (Å²) in [6.45, 7) is 5.23. The summed E-state index contributed by atoms with van der Waals surface area (Å²) in [6.07, 6.45) is 6.33. The Hall–Kier alpha value is 0.342. The Morgan fingerprint density at radius 1 is 1.42 bits per heavy atom. The quantitative estimate of drug-likeness (QED) is 0.431. The monoisotopic (exact) mass is 510 g/mol. The number of hydrogen-bond acceptors (Lipinski definition) is 4. The Bertz CT molecular complexity index is 343. The predicted octanol–water partition coefficient (Wildman–Crippen LogP) is 2.63. The molecule has 0 N–H and O–H groups in total. The molecule has 1 heterocycles. The largest absolute Gasteiger partial charge is 0.463 e. The fourth-order valence-electron chi connectivity index (χ4n) is 1.25. The molecule has 0 saturated heterocycles. The summed E-state index contributed by atoms with van der Waals surface area (Å²) >= 11 is 0. The Morgan fingerprint density at radius 3 is 2.21 bits per heavy atom. The van der Waals surface area contributed by atoms with E-state index in [1.807, 2.05) is 13.8 Å². The van der Waals surface area contributed by atoms with E-state index >= 15 is 0 Å². The molecule has 0 amide bonds. The third kappa shape index (κ3) is 11.8. The maximum atomic E-state index is 10.2. The number of hydrogen-bond donors (Lipinski definition) is 0. The number of rotatable bonds is 1. The first-order valence-corrected chi connectivity index (χ1v) is 5.43. The zero-order valence-electron chi connectivity index (χ0n) is 11.0. The van der Waals surface area contributed by atoms with Crippen LogP contribution in [-0.4, -0.2) is 22.0 Å². The topological polar surface area (TPSA) is 52.1 Å². The van der Waals surface area contributed by atoms with Crippen molar-refractivity contribution in [2.45, 2.75) is 53.6 Å². The molecule has 0 spiro atoms. The normalized spacial score (nSPS) is 12.2. The molecule has 1 saturated carbocycles. The van der Waals surface area contributed by atoms with E-state index in [1.54, 1.807) is 6.07 Å². The second-order valence-electron chi connectivity index (χ2n) is 3.85. The molecule has 0 aromatic carbocycles. The first-order valence-electron chi connectivity index (χ1n) is 5.43. The van der Waals surface area contributed by atoms with E-state index in [1.165, 1.54) is 13.3 Å². The molecule has 2 rings (SSSR count). The van der Waals surface area contributed by atoms with Crippen LogP contribution in [0.5, 0.6) is 0 Å². The SMILES string of the molecule is C.CC(=O)OC1CCC1.Cc1c[c-]nc(C)n1.[W].[Y]. The molecule has 0 unspecified atom stereocenters. The summed E-state index contributed by atoms with van der Waals surface area (Å²) in [4.78, 5) is 18.1. The van der Waals surface area contributed by atoms with Gasteiger partial charge in [0.25, 0.3) is 0 Å². The van der Waals surface area contributed by atoms with Crippen LogP contribution in [0.2, 0.25) is 0 Å². The zero-order chi connectivity index (χ0) is 12.0. The summed E-state index contributed by atoms with van der Waals surface area (Å²) < 4.78 is 4.85. The molecule has 19 heavy (non-hydrogen) atoms. The van der Waals surface area contributed by atoms with Crippen molar-refractivity contribution in [3.05, 3.63) is 23.8 Å². The van der Waals surface area contributed by atoms with Crippen LogP contribution in [0.3, 0.4) is 0 Å². The molecule has 0 aliphatic heterocycles. The molecule has 1 radical (unpaired) electrons. The van der Waals surface area contributed by atoms with Gasteiger partial charge in [0, 0.05) is 66.5 Å². The van der Waals surface area contributed by atoms with Gasteiger partial charge in [-0.25, -0.2) is 0 Å². The van der Waals surface area contributed by atoms with Crippen molar-refractivity contribution in [2.75, 3.05) is 0 Å². The molecular formula is C13H21N2O2WY-. The van der Waals surface area contributed by atoms with Gasteiger partial charge in [-0.3, -0.25) is 4.79 Å². The van der Waals surface area contributed by atoms with Crippen LogP contribution in [0.1, 0.15) is 45.1 Å². The molecule has 105 valence electrons. The Morgan fingerprint density at radius 2 is 2.00 bits per heavy atom. The molecule has 0 atom stereocenters. The average molecular weight is 510 g/mol. The minimum absolute atomic E-state index is 0. The Kier molecular flexibility index (Phi) is 17.1. The van der Waals surface area contributed by atoms with Gasteiger partial charge in [0.15, 0.2) is 0 Å². The first kappa shape index (κ1) is 24.4. The van der Waals surface area contributed by atoms with E-state index in [9.17, 15) is 4.79 Å². The van der Waals surface area contributed by atoms with Gasteiger partial charge in [0.05, 0.1) is 0 Å². The van der Waals surface area contributed by atoms with Crippen molar-refractivity contribution in [1.82, 2.24) is 9.97 Å². The molecule has 1 aromatic rings. The number of nitrogens with zero attached hydrogens (tertiary/aromatic N) is 2. The van der Waals surface area contributed by atoms with Crippen LogP contribution in [0.15, 0.2) is 6.07 Å². The molecule has 0 bridgehead atoms. The van der Waals surface area contributed by atoms with Gasteiger partial charge in [0.1, 0.15) is 6.10 Å². The number of carbonyl (C=O) groups excluding carboxylic acids is 1. The molecular weight excluding hydrogens is 489 g/mol. The summed E-state index contributed by atoms with van der Waals surface area (Å²) in [5.41, 5.74) is 0.970. The first-order chi connectivity index (χ1) is 7.58. The van der Waals surface area contributed by atoms with Gasteiger partial charge >= 0.3 is 5.97 Å². The van der Waals surface area contributed by atoms with Crippen LogP contribution < -0.4 is 0 Å². The minimum Gasteiger partial charge on any atom is -0.463 e. The van der Waals surface area contributed by atoms with Crippen molar-refractivity contribution in [2.24, 2.45) is 0 Å². The van der Waals surface area contributed by atoms with Crippen molar-refractivity contribution >= 4 is 5.97 Å². The number of aryl methyl sites for hydroxylation is 2. The van der Waals surface area contributed by atoms with Gasteiger partial charge < -0.3 is 14.7 Å². The fourth-order valence-corrected chi connectivity index (χ4v) is 1.25. The van der Waals surface area contributed by atoms with Crippen LogP contribution in [-0.2, 0) is 63.3 Å². The van der Waals surface area contributed by atoms with E-state index in [4.69, 9.17) is 4.74 Å². The van der Waals surface area contributed by atoms with E-state index in [0.717, 1.165) is 24.4 Å². The van der Waals surface area contributed by atoms with Gasteiger partial charge in [0.2, 0.25) is 0 Å². The third-order valence-electron chi connectivity index (χ3n) is 2.22. The van der Waals surface area contributed by atoms with E-state index in [2.05, 4.69) is 16.2 Å². The molecule has 1 aliphatic rings. The van der Waals surface area contributed by atoms with Crippen LogP contribution in [0, 0.1) is 20.0 Å². The number of carbonyl (C=O) groups is 1. The van der Waals surface area contributed by atoms with E-state index < -0.39 is 0 Å². The van der Waals surface area contributed by atoms with Crippen molar-refractivity contribution in [3.8, 4) is 0 Å². The number of ether oxygens (including phenoxy) is 1. The minimum atomic E-state index is -0.144. The van der Waals surface area contributed by atoms with Crippen LogP contribution >= 0.6 is 0 Å². The zero-order valence-corrected chi connectivity index (χ0v) is 16.7. The Labute approximate surface area is 155 Å². The molecule has 1 fully saturated rings. The Balaban J connectivity index is -0.000000233. The molecule has 4 nitrogen and oxygen atoms in total. The fraction of sp³-hybridized carbons (Fsp3) is 0.615. The second-order valence-corrected chi connectivity index (χ2v) is 3.85. The number of aromatic nitrogens is 2. The van der Waals surface area contributed by atoms with Gasteiger partial charge in [-0.05, 0) is 19.3 Å². The van der Waals surface area contributed by atoms with Crippen molar-refractivity contribution in [1.29, 1.82) is 0 Å². The summed E-state index contributed by atoms with van der Waals surface area (Å²) in [5.74, 6) is 0.639. The standard InChI is InChI=1S/C6H7N2.C6H10O2.CH4.W.Y/c1-5-3-4-7-6(2)8-5;1-5(7)8-6-3-2-4-6;;;/h3H,1-2H3;6H,2-4H2,1H3;1H4;;/q-1;;;;. The molecule has 6 heteroatoms. The van der Waals surface area contributed by atoms with Crippen LogP contribution in [0.25, 0.3) is 0 Å². The van der Waals surface area contributed by atoms with Gasteiger partial charge in [-0.2, -0.15) is 0 Å². The summed E-state index contributed by atoms with van der Waals surface area (Å²) in [7, 11) is 0. The van der Waals surface area contributed by atoms with Crippen LogP contribution in [0.4, 0.5) is 0 Å². The van der Waals surface area contributed by atoms with Crippen molar-refractivity contribution < 1.29 is 63.3 Å². The third-order valence-corrected chi connectivity index (χ3v) is 2.22. The predicted molar refractivity (Wildman–Crippen MR) is 66.5 cm³/mol. The van der Waals surface area contributed by atoms with Gasteiger partial charge in [-0.1, -0.05) is 33.2 Å². The number of esters is 1. The maximum Gasteiger partial charge on any atom is 0.302 e. The average Bonchev–Trinajstić information content (AvgIpc) is 2.12. The van der Waals surface area contributed by atoms with E-state index in [0.29, 0.717) is 0 Å². The van der Waals surface area contributed by atoms with E-state index in [-0.39, 0.29) is 73.3 Å². The molecule has 1 aliphatic carbocycles. The summed E-state index contributed by atoms with van der Waals surface area (Å²) in [5, 5.41) is 0. The molecule has 1 aromatic heterocycles. The summed E-state index contributed by atoms with van der Waals surface area (Å²) in [6, 6.07) is 1.76. The smallest absolute Gasteiger partial charge is 0.302 e. The van der Waals surface area contributed by atoms with Crippen molar-refractivity contribution in [3.63, 3.8) is 0 Å². The second kappa shape index (κ2) is 13.3. The maximum absolute atomic E-state index is 10.2. The van der Waals surface area contributed by atoms with Gasteiger partial charge in [-0.15, -0.1) is 6.07 Å².